The van der Waals surface area contributed by atoms with Gasteiger partial charge in [-0.05, 0) is 6.92 Å². The van der Waals surface area contributed by atoms with Crippen LogP contribution in [0.4, 0.5) is 0 Å². The molecule has 0 aromatic carbocycles. The summed E-state index contributed by atoms with van der Waals surface area (Å²) in [6.07, 6.45) is 0. The summed E-state index contributed by atoms with van der Waals surface area (Å²) in [5.41, 5.74) is 0. The standard InChI is InChI=1S/C2H4Cl2OS/c1-2(3,4)6-5/h5H,1H3. The van der Waals surface area contributed by atoms with Gasteiger partial charge in [0.2, 0.25) is 0 Å². The lowest BCUT2D eigenvalue weighted by Gasteiger charge is -2.03. The number of alkyl halides is 2. The maximum absolute atomic E-state index is 8.06. The van der Waals surface area contributed by atoms with Gasteiger partial charge in [-0.3, -0.25) is 0 Å². The molecule has 1 N–H and O–H groups in total. The van der Waals surface area contributed by atoms with Gasteiger partial charge in [-0.15, -0.1) is 0 Å². The van der Waals surface area contributed by atoms with Crippen LogP contribution < -0.4 is 0 Å². The molecule has 6 heavy (non-hydrogen) atoms. The van der Waals surface area contributed by atoms with Gasteiger partial charge in [-0.25, -0.2) is 0 Å². The zero-order valence-electron chi connectivity index (χ0n) is 3.11. The molecule has 0 aliphatic heterocycles. The Labute approximate surface area is 50.8 Å². The highest BCUT2D eigenvalue weighted by Gasteiger charge is 2.14. The van der Waals surface area contributed by atoms with Crippen molar-refractivity contribution in [1.82, 2.24) is 0 Å². The molecular formula is C2H4Cl2OS. The van der Waals surface area contributed by atoms with Crippen LogP contribution in [0.1, 0.15) is 6.92 Å². The quantitative estimate of drug-likeness (QED) is 0.453. The summed E-state index contributed by atoms with van der Waals surface area (Å²) in [7, 11) is 0. The van der Waals surface area contributed by atoms with Crippen LogP contribution in [-0.2, 0) is 0 Å². The van der Waals surface area contributed by atoms with Crippen LogP contribution in [0.25, 0.3) is 0 Å². The summed E-state index contributed by atoms with van der Waals surface area (Å²) in [5.74, 6) is 0. The maximum atomic E-state index is 8.06. The molecule has 0 atom stereocenters. The Morgan fingerprint density at radius 2 is 1.83 bits per heavy atom. The number of hydrogen-bond acceptors (Lipinski definition) is 2. The van der Waals surface area contributed by atoms with Gasteiger partial charge in [0.05, 0.1) is 0 Å². The van der Waals surface area contributed by atoms with Crippen molar-refractivity contribution in [2.45, 2.75) is 10.6 Å². The zero-order valence-corrected chi connectivity index (χ0v) is 5.44. The SMILES string of the molecule is CC(Cl)(Cl)SO. The lowest BCUT2D eigenvalue weighted by Crippen LogP contribution is -1.94. The lowest BCUT2D eigenvalue weighted by atomic mass is 10.9. The molecule has 0 aromatic heterocycles. The van der Waals surface area contributed by atoms with Crippen molar-refractivity contribution < 1.29 is 4.55 Å². The van der Waals surface area contributed by atoms with E-state index >= 15 is 0 Å². The van der Waals surface area contributed by atoms with Crippen molar-refractivity contribution in [3.05, 3.63) is 0 Å². The summed E-state index contributed by atoms with van der Waals surface area (Å²) < 4.78 is 7.01. The van der Waals surface area contributed by atoms with E-state index in [0.29, 0.717) is 12.0 Å². The van der Waals surface area contributed by atoms with Crippen LogP contribution in [0.3, 0.4) is 0 Å². The molecule has 0 aromatic rings. The highest BCUT2D eigenvalue weighted by molar-refractivity contribution is 7.97. The fraction of sp³-hybridized carbons (Fsp3) is 1.00. The summed E-state index contributed by atoms with van der Waals surface area (Å²) in [4.78, 5) is 0. The molecule has 4 heteroatoms. The maximum Gasteiger partial charge on any atom is 0.185 e. The monoisotopic (exact) mass is 146 g/mol. The molecule has 0 rings (SSSR count). The Morgan fingerprint density at radius 3 is 1.83 bits per heavy atom. The Hall–Kier alpha value is 0.890. The highest BCUT2D eigenvalue weighted by Crippen LogP contribution is 2.30. The van der Waals surface area contributed by atoms with E-state index in [1.54, 1.807) is 0 Å². The van der Waals surface area contributed by atoms with Crippen LogP contribution >= 0.6 is 35.2 Å². The Balaban J connectivity index is 3.17. The van der Waals surface area contributed by atoms with Crippen LogP contribution in [0.2, 0.25) is 0 Å². The Morgan fingerprint density at radius 1 is 1.67 bits per heavy atom. The first-order valence-corrected chi connectivity index (χ1v) is 2.79. The van der Waals surface area contributed by atoms with Crippen molar-refractivity contribution >= 4 is 35.2 Å². The van der Waals surface area contributed by atoms with Crippen molar-refractivity contribution in [3.63, 3.8) is 0 Å². The van der Waals surface area contributed by atoms with Crippen molar-refractivity contribution in [1.29, 1.82) is 0 Å². The molecular weight excluding hydrogens is 143 g/mol. The molecule has 1 nitrogen and oxygen atoms in total. The van der Waals surface area contributed by atoms with Crippen molar-refractivity contribution in [2.75, 3.05) is 0 Å². The normalized spacial score (nSPS) is 12.0. The molecule has 0 aliphatic rings. The van der Waals surface area contributed by atoms with E-state index in [2.05, 4.69) is 0 Å². The topological polar surface area (TPSA) is 20.2 Å². The van der Waals surface area contributed by atoms with Gasteiger partial charge in [0.15, 0.2) is 3.67 Å². The number of halogens is 2. The molecule has 0 heterocycles. The third kappa shape index (κ3) is 4.89. The summed E-state index contributed by atoms with van der Waals surface area (Å²) in [6.45, 7) is 1.49. The molecule has 0 amide bonds. The predicted octanol–water partition coefficient (Wildman–Crippen LogP) is 2.34. The fourth-order valence-corrected chi connectivity index (χ4v) is 0. The van der Waals surface area contributed by atoms with E-state index in [1.807, 2.05) is 0 Å². The van der Waals surface area contributed by atoms with Gasteiger partial charge < -0.3 is 4.55 Å². The highest BCUT2D eigenvalue weighted by atomic mass is 35.5. The van der Waals surface area contributed by atoms with Crippen LogP contribution in [0.5, 0.6) is 0 Å². The first-order valence-electron chi connectivity index (χ1n) is 1.26. The van der Waals surface area contributed by atoms with Gasteiger partial charge in [0, 0.05) is 12.0 Å². The minimum atomic E-state index is -1.04. The average molecular weight is 147 g/mol. The molecule has 0 aliphatic carbocycles. The van der Waals surface area contributed by atoms with Gasteiger partial charge in [-0.2, -0.15) is 0 Å². The third-order valence-corrected chi connectivity index (χ3v) is 0.895. The van der Waals surface area contributed by atoms with E-state index in [4.69, 9.17) is 27.8 Å². The van der Waals surface area contributed by atoms with Crippen LogP contribution in [-0.4, -0.2) is 8.22 Å². The predicted molar refractivity (Wildman–Crippen MR) is 30.3 cm³/mol. The molecule has 0 unspecified atom stereocenters. The molecule has 0 bridgehead atoms. The van der Waals surface area contributed by atoms with Gasteiger partial charge in [0.1, 0.15) is 0 Å². The van der Waals surface area contributed by atoms with E-state index in [1.165, 1.54) is 6.92 Å². The van der Waals surface area contributed by atoms with E-state index in [-0.39, 0.29) is 0 Å². The zero-order chi connectivity index (χ0) is 5.21. The van der Waals surface area contributed by atoms with Gasteiger partial charge >= 0.3 is 0 Å². The smallest absolute Gasteiger partial charge is 0.185 e. The Bertz CT molecular complexity index is 41.3. The van der Waals surface area contributed by atoms with Crippen molar-refractivity contribution in [2.24, 2.45) is 0 Å². The van der Waals surface area contributed by atoms with Crippen LogP contribution in [0.15, 0.2) is 0 Å². The minimum Gasteiger partial charge on any atom is -0.328 e. The third-order valence-electron chi connectivity index (χ3n) is 0.160. The summed E-state index contributed by atoms with van der Waals surface area (Å²) in [6, 6.07) is 0. The second kappa shape index (κ2) is 2.26. The molecule has 0 saturated carbocycles. The van der Waals surface area contributed by atoms with E-state index in [0.717, 1.165) is 0 Å². The average Bonchev–Trinajstić information content (AvgIpc) is 1.35. The van der Waals surface area contributed by atoms with Gasteiger partial charge in [0.25, 0.3) is 0 Å². The minimum absolute atomic E-state index is 0.413. The molecule has 0 saturated heterocycles. The van der Waals surface area contributed by atoms with Crippen LogP contribution in [0, 0.1) is 0 Å². The molecule has 0 spiro atoms. The second-order valence-electron chi connectivity index (χ2n) is 0.899. The fourth-order valence-electron chi connectivity index (χ4n) is 0. The number of rotatable bonds is 1. The summed E-state index contributed by atoms with van der Waals surface area (Å²) in [5, 5.41) is 0. The second-order valence-corrected chi connectivity index (χ2v) is 4.05. The largest absolute Gasteiger partial charge is 0.328 e. The first-order chi connectivity index (χ1) is 2.56. The first kappa shape index (κ1) is 6.89. The Kier molecular flexibility index (Phi) is 2.60. The summed E-state index contributed by atoms with van der Waals surface area (Å²) >= 11 is 10.8. The lowest BCUT2D eigenvalue weighted by molar-refractivity contribution is 0.659. The van der Waals surface area contributed by atoms with E-state index < -0.39 is 3.67 Å². The molecule has 38 valence electrons. The van der Waals surface area contributed by atoms with Gasteiger partial charge in [-0.1, -0.05) is 23.2 Å². The van der Waals surface area contributed by atoms with E-state index in [9.17, 15) is 0 Å². The van der Waals surface area contributed by atoms with Crippen molar-refractivity contribution in [3.8, 4) is 0 Å². The molecule has 0 radical (unpaired) electrons. The number of hydrogen-bond donors (Lipinski definition) is 1. The molecule has 0 fully saturated rings.